The number of benzene rings is 2. The Kier molecular flexibility index (Phi) is 6.87. The summed E-state index contributed by atoms with van der Waals surface area (Å²) in [6.45, 7) is 5.47. The third kappa shape index (κ3) is 4.97. The van der Waals surface area contributed by atoms with Crippen molar-refractivity contribution in [2.45, 2.75) is 50.3 Å². The van der Waals surface area contributed by atoms with Crippen LogP contribution in [0.2, 0.25) is 0 Å². The van der Waals surface area contributed by atoms with Crippen molar-refractivity contribution in [1.82, 2.24) is 15.1 Å². The van der Waals surface area contributed by atoms with Crippen molar-refractivity contribution < 1.29 is 19.4 Å². The first kappa shape index (κ1) is 23.8. The van der Waals surface area contributed by atoms with Crippen molar-refractivity contribution in [3.8, 4) is 11.5 Å². The number of fused-ring (bicyclic) bond motifs is 2. The van der Waals surface area contributed by atoms with Gasteiger partial charge in [0.2, 0.25) is 5.91 Å². The van der Waals surface area contributed by atoms with Gasteiger partial charge in [-0.3, -0.25) is 9.69 Å². The van der Waals surface area contributed by atoms with Crippen molar-refractivity contribution in [2.24, 2.45) is 5.92 Å². The molecule has 2 aromatic carbocycles. The zero-order chi connectivity index (χ0) is 24.5. The second kappa shape index (κ2) is 10.4. The molecule has 1 unspecified atom stereocenters. The summed E-state index contributed by atoms with van der Waals surface area (Å²) in [4.78, 5) is 18.3. The summed E-state index contributed by atoms with van der Waals surface area (Å²) in [5.41, 5.74) is 3.65. The number of likely N-dealkylation sites (tertiary alicyclic amines) is 2. The Morgan fingerprint density at radius 1 is 1.00 bits per heavy atom. The van der Waals surface area contributed by atoms with Crippen molar-refractivity contribution >= 4 is 5.91 Å². The van der Waals surface area contributed by atoms with Crippen molar-refractivity contribution in [2.75, 3.05) is 45.9 Å². The normalized spacial score (nSPS) is 24.0. The Morgan fingerprint density at radius 3 is 2.47 bits per heavy atom. The average molecular weight is 492 g/mol. The van der Waals surface area contributed by atoms with Crippen molar-refractivity contribution in [3.05, 3.63) is 59.2 Å². The molecule has 1 amide bonds. The molecule has 0 saturated carbocycles. The summed E-state index contributed by atoms with van der Waals surface area (Å²) >= 11 is 0. The minimum Gasteiger partial charge on any atom is -0.486 e. The number of aliphatic hydroxyl groups is 1. The van der Waals surface area contributed by atoms with E-state index in [9.17, 15) is 9.90 Å². The van der Waals surface area contributed by atoms with E-state index in [1.54, 1.807) is 0 Å². The van der Waals surface area contributed by atoms with Gasteiger partial charge in [-0.2, -0.15) is 0 Å². The van der Waals surface area contributed by atoms with Gasteiger partial charge in [-0.25, -0.2) is 0 Å². The molecule has 3 aliphatic heterocycles. The molecule has 1 aliphatic carbocycles. The topological polar surface area (TPSA) is 74.3 Å². The molecular weight excluding hydrogens is 454 g/mol. The number of aliphatic hydroxyl groups excluding tert-OH is 1. The van der Waals surface area contributed by atoms with Gasteiger partial charge in [0.15, 0.2) is 11.5 Å². The van der Waals surface area contributed by atoms with Gasteiger partial charge in [-0.1, -0.05) is 30.3 Å². The van der Waals surface area contributed by atoms with Crippen LogP contribution in [0, 0.1) is 5.92 Å². The summed E-state index contributed by atoms with van der Waals surface area (Å²) < 4.78 is 11.4. The van der Waals surface area contributed by atoms with Crippen molar-refractivity contribution in [1.29, 1.82) is 0 Å². The van der Waals surface area contributed by atoms with Crippen LogP contribution in [-0.4, -0.2) is 78.8 Å². The fourth-order valence-corrected chi connectivity index (χ4v) is 6.37. The quantitative estimate of drug-likeness (QED) is 0.620. The molecule has 3 heterocycles. The summed E-state index contributed by atoms with van der Waals surface area (Å²) in [5, 5.41) is 14.7. The van der Waals surface area contributed by atoms with Crippen LogP contribution in [0.15, 0.2) is 42.5 Å². The van der Waals surface area contributed by atoms with Crippen LogP contribution in [0.5, 0.6) is 11.5 Å². The summed E-state index contributed by atoms with van der Waals surface area (Å²) in [6, 6.07) is 14.4. The van der Waals surface area contributed by atoms with Gasteiger partial charge in [0.25, 0.3) is 0 Å². The number of nitrogens with one attached hydrogen (secondary N) is 1. The number of carbonyl (C=O) groups excluding carboxylic acids is 1. The third-order valence-corrected chi connectivity index (χ3v) is 8.41. The highest BCUT2D eigenvalue weighted by Gasteiger charge is 2.36. The van der Waals surface area contributed by atoms with E-state index < -0.39 is 6.10 Å². The van der Waals surface area contributed by atoms with Gasteiger partial charge in [-0.15, -0.1) is 0 Å². The van der Waals surface area contributed by atoms with E-state index in [1.165, 1.54) is 24.0 Å². The first-order valence-electron chi connectivity index (χ1n) is 13.6. The highest BCUT2D eigenvalue weighted by atomic mass is 16.6. The van der Waals surface area contributed by atoms with Crippen molar-refractivity contribution in [3.63, 3.8) is 0 Å². The highest BCUT2D eigenvalue weighted by Crippen LogP contribution is 2.34. The van der Waals surface area contributed by atoms with Crippen LogP contribution in [0.3, 0.4) is 0 Å². The van der Waals surface area contributed by atoms with E-state index in [0.29, 0.717) is 37.3 Å². The van der Waals surface area contributed by atoms with E-state index in [1.807, 2.05) is 18.2 Å². The molecule has 3 atom stereocenters. The van der Waals surface area contributed by atoms with Gasteiger partial charge in [0.05, 0.1) is 12.0 Å². The highest BCUT2D eigenvalue weighted by molar-refractivity contribution is 5.79. The number of rotatable bonds is 7. The first-order valence-corrected chi connectivity index (χ1v) is 13.6. The average Bonchev–Trinajstić information content (AvgIpc) is 3.68. The van der Waals surface area contributed by atoms with E-state index in [-0.39, 0.29) is 17.9 Å². The standard InChI is InChI=1S/C29H37N3O4/c33-28(22-7-8-26-27(17-22)36-14-13-35-26)25(19-31-10-3-4-11-31)30-29(34)23-9-12-32(18-23)24-15-20-5-1-2-6-21(20)16-24/h1-2,5-8,17,23-25,28,33H,3-4,9-16,18-19H2,(H,30,34)/t23?,25-,28-/m1/s1. The lowest BCUT2D eigenvalue weighted by Crippen LogP contribution is -2.49. The Hall–Kier alpha value is -2.61. The second-order valence-electron chi connectivity index (χ2n) is 10.8. The molecule has 0 spiro atoms. The molecule has 7 heteroatoms. The molecule has 2 N–H and O–H groups in total. The van der Waals surface area contributed by atoms with Gasteiger partial charge >= 0.3 is 0 Å². The number of carbonyl (C=O) groups is 1. The molecular formula is C29H37N3O4. The fourth-order valence-electron chi connectivity index (χ4n) is 6.37. The van der Waals surface area contributed by atoms with Crippen LogP contribution in [-0.2, 0) is 17.6 Å². The van der Waals surface area contributed by atoms with E-state index in [4.69, 9.17) is 9.47 Å². The zero-order valence-corrected chi connectivity index (χ0v) is 20.9. The van der Waals surface area contributed by atoms with Crippen LogP contribution < -0.4 is 14.8 Å². The Balaban J connectivity index is 1.12. The maximum atomic E-state index is 13.5. The number of hydrogen-bond acceptors (Lipinski definition) is 6. The molecule has 0 aromatic heterocycles. The molecule has 2 fully saturated rings. The Labute approximate surface area is 213 Å². The lowest BCUT2D eigenvalue weighted by atomic mass is 9.99. The molecule has 2 aromatic rings. The maximum Gasteiger partial charge on any atom is 0.224 e. The predicted octanol–water partition coefficient (Wildman–Crippen LogP) is 2.56. The number of nitrogens with zero attached hydrogens (tertiary/aromatic N) is 2. The molecule has 0 radical (unpaired) electrons. The van der Waals surface area contributed by atoms with Crippen LogP contribution in [0.4, 0.5) is 0 Å². The molecule has 4 aliphatic rings. The summed E-state index contributed by atoms with van der Waals surface area (Å²) in [6.07, 6.45) is 4.54. The molecule has 7 nitrogen and oxygen atoms in total. The van der Waals surface area contributed by atoms with Gasteiger partial charge in [-0.05, 0) is 80.6 Å². The first-order chi connectivity index (χ1) is 17.6. The largest absolute Gasteiger partial charge is 0.486 e. The fraction of sp³-hybridized carbons (Fsp3) is 0.552. The lowest BCUT2D eigenvalue weighted by Gasteiger charge is -2.30. The van der Waals surface area contributed by atoms with E-state index in [0.717, 1.165) is 51.0 Å². The third-order valence-electron chi connectivity index (χ3n) is 8.41. The molecule has 2 saturated heterocycles. The molecule has 6 rings (SSSR count). The van der Waals surface area contributed by atoms with Crippen LogP contribution >= 0.6 is 0 Å². The minimum absolute atomic E-state index is 0.0396. The zero-order valence-electron chi connectivity index (χ0n) is 20.9. The monoisotopic (exact) mass is 491 g/mol. The minimum atomic E-state index is -0.813. The van der Waals surface area contributed by atoms with E-state index in [2.05, 4.69) is 39.4 Å². The Bertz CT molecular complexity index is 1060. The molecule has 36 heavy (non-hydrogen) atoms. The molecule has 0 bridgehead atoms. The second-order valence-corrected chi connectivity index (χ2v) is 10.8. The smallest absolute Gasteiger partial charge is 0.224 e. The van der Waals surface area contributed by atoms with Gasteiger partial charge < -0.3 is 24.8 Å². The maximum absolute atomic E-state index is 13.5. The van der Waals surface area contributed by atoms with Crippen LogP contribution in [0.25, 0.3) is 0 Å². The Morgan fingerprint density at radius 2 is 1.72 bits per heavy atom. The predicted molar refractivity (Wildman–Crippen MR) is 137 cm³/mol. The number of hydrogen-bond donors (Lipinski definition) is 2. The number of ether oxygens (including phenoxy) is 2. The van der Waals surface area contributed by atoms with E-state index >= 15 is 0 Å². The molecule has 192 valence electrons. The summed E-state index contributed by atoms with van der Waals surface area (Å²) in [7, 11) is 0. The van der Waals surface area contributed by atoms with Crippen LogP contribution in [0.1, 0.15) is 42.1 Å². The number of amides is 1. The lowest BCUT2D eigenvalue weighted by molar-refractivity contribution is -0.126. The summed E-state index contributed by atoms with van der Waals surface area (Å²) in [5.74, 6) is 1.39. The van der Waals surface area contributed by atoms with Gasteiger partial charge in [0.1, 0.15) is 19.3 Å². The SMILES string of the molecule is O=C(N[C@H](CN1CCCC1)[C@H](O)c1ccc2c(c1)OCCO2)C1CCN(C2Cc3ccccc3C2)C1. The van der Waals surface area contributed by atoms with Gasteiger partial charge in [0, 0.05) is 19.1 Å².